The molecule has 3 aromatic heterocycles. The molecule has 0 radical (unpaired) electrons. The first-order chi connectivity index (χ1) is 9.22. The van der Waals surface area contributed by atoms with Crippen molar-refractivity contribution in [3.8, 4) is 0 Å². The number of aromatic nitrogens is 2. The first-order valence-corrected chi connectivity index (χ1v) is 8.00. The fourth-order valence-electron chi connectivity index (χ4n) is 1.91. The quantitative estimate of drug-likeness (QED) is 0.727. The average molecular weight is 310 g/mol. The standard InChI is InChI=1S/C13H12ClN3S2/c1-8-7-10-11(16-13(14)17-12(10)19-8)15-5-4-9-3-2-6-18-9/h2-3,6-7H,4-5H2,1H3,(H,15,16,17). The van der Waals surface area contributed by atoms with Gasteiger partial charge in [-0.3, -0.25) is 0 Å². The van der Waals surface area contributed by atoms with Crippen LogP contribution in [0.5, 0.6) is 0 Å². The number of nitrogens with one attached hydrogen (secondary N) is 1. The summed E-state index contributed by atoms with van der Waals surface area (Å²) >= 11 is 9.37. The van der Waals surface area contributed by atoms with Gasteiger partial charge in [-0.25, -0.2) is 9.97 Å². The second-order valence-electron chi connectivity index (χ2n) is 4.17. The highest BCUT2D eigenvalue weighted by atomic mass is 35.5. The summed E-state index contributed by atoms with van der Waals surface area (Å²) in [4.78, 5) is 12.1. The smallest absolute Gasteiger partial charge is 0.225 e. The second kappa shape index (κ2) is 5.45. The lowest BCUT2D eigenvalue weighted by atomic mass is 10.3. The molecular formula is C13H12ClN3S2. The van der Waals surface area contributed by atoms with E-state index in [1.165, 1.54) is 9.75 Å². The van der Waals surface area contributed by atoms with Gasteiger partial charge in [0, 0.05) is 16.3 Å². The largest absolute Gasteiger partial charge is 0.369 e. The van der Waals surface area contributed by atoms with Crippen molar-refractivity contribution in [2.45, 2.75) is 13.3 Å². The lowest BCUT2D eigenvalue weighted by Gasteiger charge is -2.06. The van der Waals surface area contributed by atoms with Gasteiger partial charge in [0.1, 0.15) is 10.6 Å². The van der Waals surface area contributed by atoms with Crippen molar-refractivity contribution in [2.24, 2.45) is 0 Å². The Labute approximate surface area is 124 Å². The van der Waals surface area contributed by atoms with Gasteiger partial charge >= 0.3 is 0 Å². The fourth-order valence-corrected chi connectivity index (χ4v) is 3.72. The minimum atomic E-state index is 0.299. The normalized spacial score (nSPS) is 11.1. The van der Waals surface area contributed by atoms with Gasteiger partial charge in [-0.05, 0) is 42.5 Å². The lowest BCUT2D eigenvalue weighted by molar-refractivity contribution is 1.03. The van der Waals surface area contributed by atoms with Crippen molar-refractivity contribution >= 4 is 50.3 Å². The zero-order valence-corrected chi connectivity index (χ0v) is 12.7. The summed E-state index contributed by atoms with van der Waals surface area (Å²) in [6.07, 6.45) is 0.990. The summed E-state index contributed by atoms with van der Waals surface area (Å²) in [5.41, 5.74) is 0. The van der Waals surface area contributed by atoms with E-state index < -0.39 is 0 Å². The van der Waals surface area contributed by atoms with Crippen molar-refractivity contribution in [1.29, 1.82) is 0 Å². The van der Waals surface area contributed by atoms with Crippen LogP contribution < -0.4 is 5.32 Å². The monoisotopic (exact) mass is 309 g/mol. The third-order valence-electron chi connectivity index (χ3n) is 2.73. The number of aryl methyl sites for hydroxylation is 1. The van der Waals surface area contributed by atoms with Crippen LogP contribution in [-0.4, -0.2) is 16.5 Å². The summed E-state index contributed by atoms with van der Waals surface area (Å²) in [5, 5.41) is 6.81. The zero-order chi connectivity index (χ0) is 13.2. The van der Waals surface area contributed by atoms with Gasteiger partial charge in [-0.15, -0.1) is 22.7 Å². The predicted octanol–water partition coefficient (Wildman–Crippen LogP) is 4.37. The third-order valence-corrected chi connectivity index (χ3v) is 4.78. The van der Waals surface area contributed by atoms with E-state index >= 15 is 0 Å². The molecule has 0 aromatic carbocycles. The van der Waals surface area contributed by atoms with E-state index in [0.29, 0.717) is 5.28 Å². The van der Waals surface area contributed by atoms with Crippen LogP contribution in [0.15, 0.2) is 23.6 Å². The maximum absolute atomic E-state index is 5.96. The molecule has 0 saturated heterocycles. The van der Waals surface area contributed by atoms with Crippen LogP contribution in [0.4, 0.5) is 5.82 Å². The molecule has 0 atom stereocenters. The Morgan fingerprint density at radius 2 is 2.26 bits per heavy atom. The molecule has 6 heteroatoms. The molecule has 3 aromatic rings. The van der Waals surface area contributed by atoms with Crippen molar-refractivity contribution < 1.29 is 0 Å². The fraction of sp³-hybridized carbons (Fsp3) is 0.231. The lowest BCUT2D eigenvalue weighted by Crippen LogP contribution is -2.06. The van der Waals surface area contributed by atoms with Gasteiger partial charge in [0.25, 0.3) is 0 Å². The summed E-state index contributed by atoms with van der Waals surface area (Å²) in [6.45, 7) is 2.91. The van der Waals surface area contributed by atoms with Crippen molar-refractivity contribution in [2.75, 3.05) is 11.9 Å². The van der Waals surface area contributed by atoms with E-state index in [4.69, 9.17) is 11.6 Å². The van der Waals surface area contributed by atoms with E-state index in [-0.39, 0.29) is 0 Å². The molecule has 19 heavy (non-hydrogen) atoms. The summed E-state index contributed by atoms with van der Waals surface area (Å²) in [7, 11) is 0. The molecule has 1 N–H and O–H groups in total. The molecule has 3 rings (SSSR count). The predicted molar refractivity (Wildman–Crippen MR) is 83.7 cm³/mol. The number of halogens is 1. The number of hydrogen-bond donors (Lipinski definition) is 1. The van der Waals surface area contributed by atoms with Crippen LogP contribution >= 0.6 is 34.3 Å². The molecule has 0 aliphatic heterocycles. The minimum Gasteiger partial charge on any atom is -0.369 e. The number of anilines is 1. The van der Waals surface area contributed by atoms with Gasteiger partial charge < -0.3 is 5.32 Å². The molecule has 0 amide bonds. The molecule has 0 aliphatic carbocycles. The summed E-state index contributed by atoms with van der Waals surface area (Å²) in [6, 6.07) is 6.31. The van der Waals surface area contributed by atoms with E-state index in [2.05, 4.69) is 45.8 Å². The first kappa shape index (κ1) is 12.8. The number of hydrogen-bond acceptors (Lipinski definition) is 5. The molecule has 98 valence electrons. The Bertz CT molecular complexity index is 691. The topological polar surface area (TPSA) is 37.8 Å². The van der Waals surface area contributed by atoms with E-state index in [0.717, 1.165) is 29.0 Å². The Morgan fingerprint density at radius 1 is 1.37 bits per heavy atom. The molecule has 3 nitrogen and oxygen atoms in total. The van der Waals surface area contributed by atoms with Crippen LogP contribution in [-0.2, 0) is 6.42 Å². The van der Waals surface area contributed by atoms with Crippen LogP contribution in [0.25, 0.3) is 10.2 Å². The van der Waals surface area contributed by atoms with Crippen LogP contribution in [0, 0.1) is 6.92 Å². The van der Waals surface area contributed by atoms with Gasteiger partial charge in [0.15, 0.2) is 0 Å². The molecule has 0 unspecified atom stereocenters. The van der Waals surface area contributed by atoms with E-state index in [1.54, 1.807) is 22.7 Å². The van der Waals surface area contributed by atoms with Crippen molar-refractivity contribution in [3.63, 3.8) is 0 Å². The number of fused-ring (bicyclic) bond motifs is 1. The highest BCUT2D eigenvalue weighted by Gasteiger charge is 2.09. The van der Waals surface area contributed by atoms with Crippen LogP contribution in [0.1, 0.15) is 9.75 Å². The molecular weight excluding hydrogens is 298 g/mol. The van der Waals surface area contributed by atoms with E-state index in [9.17, 15) is 0 Å². The molecule has 0 spiro atoms. The van der Waals surface area contributed by atoms with Gasteiger partial charge in [0.05, 0.1) is 5.39 Å². The molecule has 0 fully saturated rings. The Morgan fingerprint density at radius 3 is 3.05 bits per heavy atom. The maximum atomic E-state index is 5.96. The number of thiophene rings is 2. The van der Waals surface area contributed by atoms with Crippen molar-refractivity contribution in [3.05, 3.63) is 38.6 Å². The molecule has 0 aliphatic rings. The highest BCUT2D eigenvalue weighted by molar-refractivity contribution is 7.18. The van der Waals surface area contributed by atoms with Crippen LogP contribution in [0.3, 0.4) is 0 Å². The van der Waals surface area contributed by atoms with E-state index in [1.807, 2.05) is 0 Å². The van der Waals surface area contributed by atoms with Crippen LogP contribution in [0.2, 0.25) is 5.28 Å². The average Bonchev–Trinajstić information content (AvgIpc) is 2.97. The molecule has 3 heterocycles. The second-order valence-corrected chi connectivity index (χ2v) is 6.78. The summed E-state index contributed by atoms with van der Waals surface area (Å²) in [5.74, 6) is 0.830. The Kier molecular flexibility index (Phi) is 3.68. The highest BCUT2D eigenvalue weighted by Crippen LogP contribution is 2.29. The Balaban J connectivity index is 1.79. The third kappa shape index (κ3) is 2.88. The molecule has 0 saturated carbocycles. The Hall–Kier alpha value is -1.17. The zero-order valence-electron chi connectivity index (χ0n) is 10.3. The maximum Gasteiger partial charge on any atom is 0.225 e. The van der Waals surface area contributed by atoms with Crippen molar-refractivity contribution in [1.82, 2.24) is 9.97 Å². The number of nitrogens with zero attached hydrogens (tertiary/aromatic N) is 2. The number of rotatable bonds is 4. The minimum absolute atomic E-state index is 0.299. The first-order valence-electron chi connectivity index (χ1n) is 5.92. The summed E-state index contributed by atoms with van der Waals surface area (Å²) < 4.78 is 0. The van der Waals surface area contributed by atoms with Gasteiger partial charge in [-0.2, -0.15) is 0 Å². The molecule has 0 bridgehead atoms. The SMILES string of the molecule is Cc1cc2c(NCCc3cccs3)nc(Cl)nc2s1. The van der Waals surface area contributed by atoms with Gasteiger partial charge in [-0.1, -0.05) is 6.07 Å². The van der Waals surface area contributed by atoms with Gasteiger partial charge in [0.2, 0.25) is 5.28 Å².